The van der Waals surface area contributed by atoms with Crippen LogP contribution in [-0.2, 0) is 0 Å². The lowest BCUT2D eigenvalue weighted by Crippen LogP contribution is -2.53. The van der Waals surface area contributed by atoms with E-state index in [-0.39, 0.29) is 6.17 Å². The highest BCUT2D eigenvalue weighted by atomic mass is 32.1. The molecule has 0 aromatic rings. The smallest absolute Gasteiger partial charge is 0.173 e. The second-order valence-electron chi connectivity index (χ2n) is 3.25. The van der Waals surface area contributed by atoms with Crippen LogP contribution in [-0.4, -0.2) is 11.3 Å². The average molecular weight is 196 g/mol. The van der Waals surface area contributed by atoms with Gasteiger partial charge >= 0.3 is 0 Å². The number of allylic oxidation sites excluding steroid dienone is 1. The Morgan fingerprint density at radius 3 is 2.69 bits per heavy atom. The Labute approximate surface area is 82.3 Å². The summed E-state index contributed by atoms with van der Waals surface area (Å²) in [5.41, 5.74) is 9.23. The number of fused-ring (bicyclic) bond motifs is 1. The molecule has 2 aliphatic heterocycles. The molecule has 0 aliphatic carbocycles. The molecule has 0 radical (unpaired) electrons. The summed E-state index contributed by atoms with van der Waals surface area (Å²) in [5.74, 6) is 0.649. The molecule has 0 fully saturated rings. The molecular weight excluding hydrogens is 184 g/mol. The fraction of sp³-hybridized carbons (Fsp3) is 0.375. The largest absolute Gasteiger partial charge is 0.385 e. The molecule has 4 nitrogen and oxygen atoms in total. The molecule has 2 heterocycles. The van der Waals surface area contributed by atoms with Crippen molar-refractivity contribution in [3.8, 4) is 0 Å². The standard InChI is InChI=1S/C8H12N4S/c1-3-4(2)10-7-5(3)6(9)11-8(13)12-7/h7,10H,9H2,1-2H3,(H2,11,12,13). The molecule has 13 heavy (non-hydrogen) atoms. The van der Waals surface area contributed by atoms with E-state index < -0.39 is 0 Å². The molecule has 0 saturated carbocycles. The third-order valence-electron chi connectivity index (χ3n) is 2.43. The highest BCUT2D eigenvalue weighted by Crippen LogP contribution is 2.25. The van der Waals surface area contributed by atoms with Gasteiger partial charge < -0.3 is 21.7 Å². The lowest BCUT2D eigenvalue weighted by molar-refractivity contribution is 0.614. The molecule has 1 atom stereocenters. The minimum atomic E-state index is 0.0498. The molecule has 0 spiro atoms. The molecule has 0 aromatic carbocycles. The fourth-order valence-electron chi connectivity index (χ4n) is 1.64. The number of nitrogens with two attached hydrogens (primary N) is 1. The van der Waals surface area contributed by atoms with Crippen molar-refractivity contribution < 1.29 is 0 Å². The summed E-state index contributed by atoms with van der Waals surface area (Å²) >= 11 is 4.99. The van der Waals surface area contributed by atoms with E-state index in [0.717, 1.165) is 11.3 Å². The van der Waals surface area contributed by atoms with Crippen molar-refractivity contribution >= 4 is 17.3 Å². The number of nitrogens with one attached hydrogen (secondary N) is 3. The van der Waals surface area contributed by atoms with Crippen LogP contribution in [0.4, 0.5) is 0 Å². The second-order valence-corrected chi connectivity index (χ2v) is 3.66. The first-order valence-electron chi connectivity index (χ1n) is 4.11. The van der Waals surface area contributed by atoms with Gasteiger partial charge in [-0.3, -0.25) is 0 Å². The molecule has 0 amide bonds. The number of rotatable bonds is 0. The zero-order valence-corrected chi connectivity index (χ0v) is 8.38. The van der Waals surface area contributed by atoms with Crippen LogP contribution in [0.2, 0.25) is 0 Å². The summed E-state index contributed by atoms with van der Waals surface area (Å²) in [5, 5.41) is 9.84. The molecule has 2 aliphatic rings. The summed E-state index contributed by atoms with van der Waals surface area (Å²) in [6, 6.07) is 0. The van der Waals surface area contributed by atoms with Gasteiger partial charge in [0.05, 0.1) is 0 Å². The van der Waals surface area contributed by atoms with E-state index in [0.29, 0.717) is 10.9 Å². The minimum Gasteiger partial charge on any atom is -0.385 e. The van der Waals surface area contributed by atoms with Gasteiger partial charge in [0.2, 0.25) is 0 Å². The van der Waals surface area contributed by atoms with Crippen molar-refractivity contribution in [3.63, 3.8) is 0 Å². The van der Waals surface area contributed by atoms with Gasteiger partial charge in [-0.1, -0.05) is 0 Å². The van der Waals surface area contributed by atoms with Crippen molar-refractivity contribution in [2.75, 3.05) is 0 Å². The van der Waals surface area contributed by atoms with Crippen LogP contribution < -0.4 is 21.7 Å². The van der Waals surface area contributed by atoms with Crippen LogP contribution in [0.3, 0.4) is 0 Å². The third kappa shape index (κ3) is 1.16. The van der Waals surface area contributed by atoms with Crippen molar-refractivity contribution in [1.29, 1.82) is 0 Å². The van der Waals surface area contributed by atoms with Gasteiger partial charge in [-0.25, -0.2) is 0 Å². The van der Waals surface area contributed by atoms with Gasteiger partial charge in [-0.15, -0.1) is 0 Å². The number of hydrogen-bond donors (Lipinski definition) is 4. The maximum atomic E-state index is 5.83. The summed E-state index contributed by atoms with van der Waals surface area (Å²) in [7, 11) is 0. The Kier molecular flexibility index (Phi) is 1.69. The number of hydrogen-bond acceptors (Lipinski definition) is 3. The van der Waals surface area contributed by atoms with Crippen molar-refractivity contribution in [2.24, 2.45) is 5.73 Å². The maximum Gasteiger partial charge on any atom is 0.173 e. The zero-order valence-electron chi connectivity index (χ0n) is 7.56. The molecule has 0 aromatic heterocycles. The van der Waals surface area contributed by atoms with E-state index in [1.54, 1.807) is 0 Å². The first-order valence-corrected chi connectivity index (χ1v) is 4.52. The lowest BCUT2D eigenvalue weighted by Gasteiger charge is -2.26. The Bertz CT molecular complexity index is 342. The van der Waals surface area contributed by atoms with Crippen LogP contribution >= 0.6 is 12.2 Å². The van der Waals surface area contributed by atoms with Crippen molar-refractivity contribution in [3.05, 3.63) is 22.7 Å². The normalized spacial score (nSPS) is 26.6. The maximum absolute atomic E-state index is 5.83. The molecule has 2 rings (SSSR count). The summed E-state index contributed by atoms with van der Waals surface area (Å²) in [4.78, 5) is 0. The molecular formula is C8H12N4S. The van der Waals surface area contributed by atoms with E-state index in [2.05, 4.69) is 16.0 Å². The number of thiocarbonyl (C=S) groups is 1. The summed E-state index contributed by atoms with van der Waals surface area (Å²) < 4.78 is 0. The van der Waals surface area contributed by atoms with Gasteiger partial charge in [0.15, 0.2) is 5.11 Å². The van der Waals surface area contributed by atoms with Crippen LogP contribution in [0.25, 0.3) is 0 Å². The van der Waals surface area contributed by atoms with E-state index in [1.165, 1.54) is 5.57 Å². The first kappa shape index (κ1) is 8.37. The predicted octanol–water partition coefficient (Wildman–Crippen LogP) is -0.142. The first-order chi connectivity index (χ1) is 6.09. The topological polar surface area (TPSA) is 62.1 Å². The Balaban J connectivity index is 2.44. The fourth-order valence-corrected chi connectivity index (χ4v) is 1.87. The molecule has 5 heteroatoms. The van der Waals surface area contributed by atoms with Gasteiger partial charge in [0.1, 0.15) is 12.0 Å². The van der Waals surface area contributed by atoms with Gasteiger partial charge in [0.25, 0.3) is 0 Å². The second kappa shape index (κ2) is 2.63. The highest BCUT2D eigenvalue weighted by Gasteiger charge is 2.30. The molecule has 5 N–H and O–H groups in total. The SMILES string of the molecule is CC1=C(C)C2=C(N)NC(=S)NC2N1. The Morgan fingerprint density at radius 1 is 1.31 bits per heavy atom. The average Bonchev–Trinajstić information content (AvgIpc) is 2.27. The van der Waals surface area contributed by atoms with Crippen molar-refractivity contribution in [2.45, 2.75) is 20.0 Å². The lowest BCUT2D eigenvalue weighted by atomic mass is 10.1. The van der Waals surface area contributed by atoms with Crippen LogP contribution in [0.15, 0.2) is 22.7 Å². The van der Waals surface area contributed by atoms with Crippen LogP contribution in [0, 0.1) is 0 Å². The van der Waals surface area contributed by atoms with Crippen LogP contribution in [0.1, 0.15) is 13.8 Å². The summed E-state index contributed by atoms with van der Waals surface area (Å²) in [6.45, 7) is 4.07. The van der Waals surface area contributed by atoms with Gasteiger partial charge in [0, 0.05) is 11.3 Å². The summed E-state index contributed by atoms with van der Waals surface area (Å²) in [6.07, 6.45) is 0.0498. The van der Waals surface area contributed by atoms with E-state index in [1.807, 2.05) is 13.8 Å². The molecule has 70 valence electrons. The highest BCUT2D eigenvalue weighted by molar-refractivity contribution is 7.80. The minimum absolute atomic E-state index is 0.0498. The molecule has 0 bridgehead atoms. The Morgan fingerprint density at radius 2 is 2.00 bits per heavy atom. The predicted molar refractivity (Wildman–Crippen MR) is 55.4 cm³/mol. The van der Waals surface area contributed by atoms with Crippen LogP contribution in [0.5, 0.6) is 0 Å². The molecule has 0 saturated heterocycles. The zero-order chi connectivity index (χ0) is 9.59. The van der Waals surface area contributed by atoms with E-state index in [4.69, 9.17) is 18.0 Å². The molecule has 1 unspecified atom stereocenters. The monoisotopic (exact) mass is 196 g/mol. The third-order valence-corrected chi connectivity index (χ3v) is 2.65. The van der Waals surface area contributed by atoms with Gasteiger partial charge in [-0.05, 0) is 31.6 Å². The Hall–Kier alpha value is -1.23. The van der Waals surface area contributed by atoms with E-state index >= 15 is 0 Å². The van der Waals surface area contributed by atoms with Gasteiger partial charge in [-0.2, -0.15) is 0 Å². The quantitative estimate of drug-likeness (QED) is 0.406. The van der Waals surface area contributed by atoms with Crippen molar-refractivity contribution in [1.82, 2.24) is 16.0 Å². The van der Waals surface area contributed by atoms with E-state index in [9.17, 15) is 0 Å².